The Kier molecular flexibility index (Phi) is 23.4. The van der Waals surface area contributed by atoms with E-state index in [0.29, 0.717) is 84.7 Å². The molecular formula is C62H72Cl4N16O10. The van der Waals surface area contributed by atoms with Crippen LogP contribution in [-0.2, 0) is 49.9 Å². The van der Waals surface area contributed by atoms with Crippen LogP contribution in [-0.4, -0.2) is 156 Å². The van der Waals surface area contributed by atoms with Gasteiger partial charge in [-0.25, -0.2) is 59.0 Å². The number of aromatic nitrogens is 12. The van der Waals surface area contributed by atoms with E-state index in [4.69, 9.17) is 71.1 Å². The third-order valence-electron chi connectivity index (χ3n) is 13.8. The van der Waals surface area contributed by atoms with Crippen LogP contribution in [0.5, 0.6) is 0 Å². The zero-order valence-electron chi connectivity index (χ0n) is 53.1. The molecule has 3 amide bonds. The number of nitrogens with zero attached hydrogens (tertiary/aromatic N) is 13. The summed E-state index contributed by atoms with van der Waals surface area (Å²) < 4.78 is 27.5. The van der Waals surface area contributed by atoms with Crippen molar-refractivity contribution in [2.75, 3.05) is 40.4 Å². The maximum atomic E-state index is 13.0. The Morgan fingerprint density at radius 3 is 1.39 bits per heavy atom. The summed E-state index contributed by atoms with van der Waals surface area (Å²) in [5, 5.41) is 6.13. The number of carbonyl (C=O) groups excluding carboxylic acids is 6. The third-order valence-corrected chi connectivity index (χ3v) is 14.5. The summed E-state index contributed by atoms with van der Waals surface area (Å²) in [7, 11) is 2.65. The summed E-state index contributed by atoms with van der Waals surface area (Å²) in [6.45, 7) is 24.0. The van der Waals surface area contributed by atoms with Gasteiger partial charge in [0.05, 0.1) is 37.0 Å². The SMILES string of the molecule is COC(=O)c1cc(-c2nc(Cl)ncc2C)cn1CCN.COC(=O)c1cc(-c2nc(Cl)ncc2C)cn1CCNC(=O)OC(C)(C)C.Cc1cnc(Cl)nc1-c1cc2n(c1)CCN(C(C)C(=O)OC(C)(C)C)C2=O.Cc1cnc(Cl)nc1-c1cc2n(c1)CCNC2=O. The van der Waals surface area contributed by atoms with Gasteiger partial charge in [0.15, 0.2) is 0 Å². The molecule has 0 spiro atoms. The van der Waals surface area contributed by atoms with Crippen LogP contribution in [0, 0.1) is 27.7 Å². The first-order chi connectivity index (χ1) is 43.4. The van der Waals surface area contributed by atoms with Gasteiger partial charge in [-0.1, -0.05) is 0 Å². The summed E-state index contributed by atoms with van der Waals surface area (Å²) in [4.78, 5) is 107. The van der Waals surface area contributed by atoms with Crippen LogP contribution in [0.25, 0.3) is 45.0 Å². The highest BCUT2D eigenvalue weighted by molar-refractivity contribution is 6.29. The normalized spacial score (nSPS) is 12.9. The Morgan fingerprint density at radius 1 is 0.587 bits per heavy atom. The lowest BCUT2D eigenvalue weighted by atomic mass is 10.1. The fourth-order valence-corrected chi connectivity index (χ4v) is 10.1. The predicted molar refractivity (Wildman–Crippen MR) is 345 cm³/mol. The molecule has 30 heteroatoms. The van der Waals surface area contributed by atoms with Crippen molar-refractivity contribution in [2.45, 2.75) is 120 Å². The maximum Gasteiger partial charge on any atom is 0.407 e. The van der Waals surface area contributed by atoms with Crippen molar-refractivity contribution in [3.63, 3.8) is 0 Å². The molecule has 0 bridgehead atoms. The topological polar surface area (TPSA) is 315 Å². The molecule has 0 saturated carbocycles. The molecule has 8 aromatic rings. The molecule has 8 aromatic heterocycles. The average Bonchev–Trinajstić information content (AvgIpc) is 1.63. The Hall–Kier alpha value is -8.82. The number of ether oxygens (including phenoxy) is 4. The minimum absolute atomic E-state index is 0.0506. The first kappa shape index (κ1) is 70.6. The zero-order valence-corrected chi connectivity index (χ0v) is 56.2. The number of esters is 3. The Morgan fingerprint density at radius 2 is 0.989 bits per heavy atom. The number of fused-ring (bicyclic) bond motifs is 2. The lowest BCUT2D eigenvalue weighted by Crippen LogP contribution is -2.49. The van der Waals surface area contributed by atoms with Crippen LogP contribution in [0.2, 0.25) is 21.1 Å². The van der Waals surface area contributed by atoms with Crippen LogP contribution in [0.1, 0.15) is 113 Å². The van der Waals surface area contributed by atoms with Gasteiger partial charge < -0.3 is 58.5 Å². The van der Waals surface area contributed by atoms with Crippen LogP contribution >= 0.6 is 46.4 Å². The summed E-state index contributed by atoms with van der Waals surface area (Å²) in [5.41, 5.74) is 15.8. The number of hydrogen-bond donors (Lipinski definition) is 3. The van der Waals surface area contributed by atoms with E-state index < -0.39 is 41.2 Å². The number of nitrogens with two attached hydrogens (primary N) is 1. The number of methoxy groups -OCH3 is 2. The molecule has 0 fully saturated rings. The molecule has 92 heavy (non-hydrogen) atoms. The summed E-state index contributed by atoms with van der Waals surface area (Å²) in [6.07, 6.45) is 13.5. The Labute approximate surface area is 551 Å². The van der Waals surface area contributed by atoms with Crippen LogP contribution in [0.4, 0.5) is 4.79 Å². The molecule has 1 atom stereocenters. The Balaban J connectivity index is 0.000000176. The van der Waals surface area contributed by atoms with Gasteiger partial charge in [-0.3, -0.25) is 9.59 Å². The van der Waals surface area contributed by atoms with Crippen LogP contribution < -0.4 is 16.4 Å². The van der Waals surface area contributed by atoms with Crippen molar-refractivity contribution in [1.29, 1.82) is 0 Å². The fraction of sp³-hybridized carbons (Fsp3) is 0.387. The van der Waals surface area contributed by atoms with E-state index in [1.165, 1.54) is 14.2 Å². The van der Waals surface area contributed by atoms with E-state index in [1.807, 2.05) is 82.3 Å². The number of hydrogen-bond acceptors (Lipinski definition) is 19. The number of carbonyl (C=O) groups is 6. The van der Waals surface area contributed by atoms with E-state index in [0.717, 1.165) is 51.2 Å². The molecule has 488 valence electrons. The number of amides is 3. The molecule has 4 N–H and O–H groups in total. The highest BCUT2D eigenvalue weighted by Gasteiger charge is 2.35. The van der Waals surface area contributed by atoms with E-state index in [1.54, 1.807) is 90.9 Å². The molecule has 0 saturated heterocycles. The van der Waals surface area contributed by atoms with Gasteiger partial charge in [-0.15, -0.1) is 0 Å². The Bertz CT molecular complexity index is 4030. The standard InChI is InChI=1S/C19H23ClN4O3.C18H23ClN4O4.C13H15ClN4O2.C12H11ClN4O/c1-11-9-21-18(20)22-15(11)13-8-14-16(25)24(7-6-23(14)10-13)12(2)17(26)27-19(3,4)5;1-11-9-21-16(19)22-14(11)12-8-13(15(24)26-5)23(10-12)7-6-20-17(25)27-18(2,3)4;1-8-6-16-13(14)17-11(8)9-5-10(12(19)20-2)18(7-9)4-3-15;1-7-5-15-12(13)16-10(7)8-4-9-11(18)14-2-3-17(9)6-8/h8-10,12H,6-7H2,1-5H3;8-10H,6-7H2,1-5H3,(H,20,25);5-7H,3-4,15H2,1-2H3;4-6H,2-3H2,1H3,(H,14,18). The summed E-state index contributed by atoms with van der Waals surface area (Å²) >= 11 is 23.4. The molecular weight excluding hydrogens is 1270 g/mol. The van der Waals surface area contributed by atoms with Crippen LogP contribution in [0.3, 0.4) is 0 Å². The predicted octanol–water partition coefficient (Wildman–Crippen LogP) is 9.61. The van der Waals surface area contributed by atoms with Crippen molar-refractivity contribution in [3.05, 3.63) is 140 Å². The molecule has 2 aliphatic rings. The van der Waals surface area contributed by atoms with E-state index in [-0.39, 0.29) is 39.5 Å². The quantitative estimate of drug-likeness (QED) is 0.0549. The first-order valence-corrected chi connectivity index (χ1v) is 30.3. The molecule has 10 rings (SSSR count). The number of rotatable bonds is 13. The summed E-state index contributed by atoms with van der Waals surface area (Å²) in [6, 6.07) is 6.35. The van der Waals surface area contributed by atoms with Gasteiger partial charge in [0.25, 0.3) is 11.8 Å². The van der Waals surface area contributed by atoms with Gasteiger partial charge in [-0.05, 0) is 169 Å². The maximum absolute atomic E-state index is 13.0. The van der Waals surface area contributed by atoms with Crippen molar-refractivity contribution in [1.82, 2.24) is 73.7 Å². The smallest absolute Gasteiger partial charge is 0.407 e. The molecule has 2 aliphatic heterocycles. The second-order valence-electron chi connectivity index (χ2n) is 23.1. The highest BCUT2D eigenvalue weighted by Crippen LogP contribution is 2.31. The van der Waals surface area contributed by atoms with Gasteiger partial charge in [-0.2, -0.15) is 0 Å². The minimum Gasteiger partial charge on any atom is -0.464 e. The van der Waals surface area contributed by atoms with Crippen LogP contribution in [0.15, 0.2) is 73.8 Å². The molecule has 0 radical (unpaired) electrons. The molecule has 0 aromatic carbocycles. The van der Waals surface area contributed by atoms with E-state index in [9.17, 15) is 28.8 Å². The van der Waals surface area contributed by atoms with Gasteiger partial charge >= 0.3 is 24.0 Å². The van der Waals surface area contributed by atoms with Crippen molar-refractivity contribution in [2.24, 2.45) is 5.73 Å². The lowest BCUT2D eigenvalue weighted by Gasteiger charge is -2.33. The molecule has 1 unspecified atom stereocenters. The fourth-order valence-electron chi connectivity index (χ4n) is 9.53. The second-order valence-corrected chi connectivity index (χ2v) is 24.4. The van der Waals surface area contributed by atoms with Crippen molar-refractivity contribution in [3.8, 4) is 45.0 Å². The first-order valence-electron chi connectivity index (χ1n) is 28.8. The van der Waals surface area contributed by atoms with Gasteiger partial charge in [0, 0.05) is 124 Å². The third kappa shape index (κ3) is 18.2. The zero-order chi connectivity index (χ0) is 67.5. The van der Waals surface area contributed by atoms with E-state index in [2.05, 4.69) is 50.5 Å². The van der Waals surface area contributed by atoms with Crippen molar-refractivity contribution < 1.29 is 47.7 Å². The number of aryl methyl sites for hydroxylation is 4. The monoisotopic (exact) mass is 1340 g/mol. The highest BCUT2D eigenvalue weighted by atomic mass is 35.5. The number of halogens is 4. The number of alkyl carbamates (subject to hydrolysis) is 1. The molecule has 0 aliphatic carbocycles. The summed E-state index contributed by atoms with van der Waals surface area (Å²) in [5.74, 6) is -1.57. The molecule has 10 heterocycles. The minimum atomic E-state index is -0.654. The van der Waals surface area contributed by atoms with Crippen molar-refractivity contribution >= 4 is 82.2 Å². The second kappa shape index (κ2) is 30.5. The van der Waals surface area contributed by atoms with Gasteiger partial charge in [0.1, 0.15) is 40.0 Å². The lowest BCUT2D eigenvalue weighted by molar-refractivity contribution is -0.160. The van der Waals surface area contributed by atoms with Gasteiger partial charge in [0.2, 0.25) is 21.1 Å². The van der Waals surface area contributed by atoms with E-state index >= 15 is 0 Å². The number of nitrogens with one attached hydrogen (secondary N) is 2. The average molecular weight is 1340 g/mol. The molecule has 26 nitrogen and oxygen atoms in total. The largest absolute Gasteiger partial charge is 0.464 e.